The average molecular weight is 588 g/mol. The van der Waals surface area contributed by atoms with E-state index in [2.05, 4.69) is 132 Å². The highest BCUT2D eigenvalue weighted by Gasteiger charge is 2.20. The lowest BCUT2D eigenvalue weighted by Gasteiger charge is -2.12. The summed E-state index contributed by atoms with van der Waals surface area (Å²) in [5.41, 5.74) is 9.01. The molecular formula is C42H25N3O. The minimum absolute atomic E-state index is 0.653. The summed E-state index contributed by atoms with van der Waals surface area (Å²) < 4.78 is 8.68. The van der Waals surface area contributed by atoms with Crippen LogP contribution < -0.4 is 0 Å². The number of fused-ring (bicyclic) bond motifs is 9. The van der Waals surface area contributed by atoms with Crippen molar-refractivity contribution in [3.05, 3.63) is 152 Å². The monoisotopic (exact) mass is 587 g/mol. The summed E-state index contributed by atoms with van der Waals surface area (Å²) in [6.07, 6.45) is 0. The van der Waals surface area contributed by atoms with Crippen molar-refractivity contribution < 1.29 is 4.42 Å². The topological polar surface area (TPSA) is 43.9 Å². The Kier molecular flexibility index (Phi) is 5.25. The molecule has 0 aliphatic carbocycles. The highest BCUT2D eigenvalue weighted by molar-refractivity contribution is 6.22. The molecule has 10 rings (SSSR count). The van der Waals surface area contributed by atoms with Crippen molar-refractivity contribution in [3.8, 4) is 28.3 Å². The van der Waals surface area contributed by atoms with Gasteiger partial charge in [-0.25, -0.2) is 9.97 Å². The highest BCUT2D eigenvalue weighted by Crippen LogP contribution is 2.41. The maximum absolute atomic E-state index is 6.45. The molecule has 0 unspecified atom stereocenters. The van der Waals surface area contributed by atoms with Crippen LogP contribution in [0.3, 0.4) is 0 Å². The third kappa shape index (κ3) is 3.61. The van der Waals surface area contributed by atoms with Crippen molar-refractivity contribution in [2.24, 2.45) is 0 Å². The molecule has 0 fully saturated rings. The van der Waals surface area contributed by atoms with Gasteiger partial charge in [-0.2, -0.15) is 0 Å². The first-order chi connectivity index (χ1) is 22.8. The van der Waals surface area contributed by atoms with Crippen LogP contribution in [0.25, 0.3) is 93.8 Å². The molecule has 10 aromatic rings. The zero-order chi connectivity index (χ0) is 30.2. The van der Waals surface area contributed by atoms with Crippen molar-refractivity contribution in [2.75, 3.05) is 0 Å². The fourth-order valence-corrected chi connectivity index (χ4v) is 7.13. The van der Waals surface area contributed by atoms with Gasteiger partial charge in [0.2, 0.25) is 5.95 Å². The SMILES string of the molecule is c1ccc(-c2nc(-n3c4ccc(-c5cccc6c5oc5ccccc56)cc4c4c5ccccc5ccc43)nc3ccccc23)cc1. The molecule has 214 valence electrons. The van der Waals surface area contributed by atoms with Gasteiger partial charge in [0.05, 0.1) is 22.2 Å². The number of para-hydroxylation sites is 3. The minimum atomic E-state index is 0.653. The van der Waals surface area contributed by atoms with Gasteiger partial charge in [-0.3, -0.25) is 4.57 Å². The van der Waals surface area contributed by atoms with Gasteiger partial charge in [0.25, 0.3) is 0 Å². The van der Waals surface area contributed by atoms with E-state index in [1.165, 1.54) is 16.2 Å². The van der Waals surface area contributed by atoms with Gasteiger partial charge in [0, 0.05) is 38.1 Å². The number of benzene rings is 7. The minimum Gasteiger partial charge on any atom is -0.455 e. The van der Waals surface area contributed by atoms with Crippen molar-refractivity contribution in [1.29, 1.82) is 0 Å². The second-order valence-corrected chi connectivity index (χ2v) is 11.8. The molecule has 0 amide bonds. The van der Waals surface area contributed by atoms with E-state index in [0.29, 0.717) is 5.95 Å². The summed E-state index contributed by atoms with van der Waals surface area (Å²) in [5.74, 6) is 0.653. The van der Waals surface area contributed by atoms with Crippen LogP contribution in [0.1, 0.15) is 0 Å². The van der Waals surface area contributed by atoms with Crippen molar-refractivity contribution in [3.63, 3.8) is 0 Å². The molecule has 0 saturated carbocycles. The first kappa shape index (κ1) is 25.1. The van der Waals surface area contributed by atoms with Crippen LogP contribution in [0.4, 0.5) is 0 Å². The zero-order valence-corrected chi connectivity index (χ0v) is 24.7. The smallest absolute Gasteiger partial charge is 0.235 e. The molecule has 0 aliphatic rings. The van der Waals surface area contributed by atoms with Crippen LogP contribution in [0.5, 0.6) is 0 Å². The first-order valence-electron chi connectivity index (χ1n) is 15.5. The molecule has 0 saturated heterocycles. The molecule has 0 N–H and O–H groups in total. The Hall–Kier alpha value is -6.26. The predicted octanol–water partition coefficient (Wildman–Crippen LogP) is 11.1. The number of hydrogen-bond donors (Lipinski definition) is 0. The van der Waals surface area contributed by atoms with Gasteiger partial charge >= 0.3 is 0 Å². The number of rotatable bonds is 3. The molecule has 46 heavy (non-hydrogen) atoms. The lowest BCUT2D eigenvalue weighted by atomic mass is 9.99. The summed E-state index contributed by atoms with van der Waals surface area (Å²) in [7, 11) is 0. The van der Waals surface area contributed by atoms with Gasteiger partial charge in [-0.05, 0) is 46.7 Å². The van der Waals surface area contributed by atoms with Crippen LogP contribution in [-0.2, 0) is 0 Å². The molecule has 0 aliphatic heterocycles. The molecule has 0 spiro atoms. The van der Waals surface area contributed by atoms with Crippen molar-refractivity contribution >= 4 is 65.4 Å². The molecule has 4 nitrogen and oxygen atoms in total. The molecule has 0 atom stereocenters. The van der Waals surface area contributed by atoms with Crippen molar-refractivity contribution in [1.82, 2.24) is 14.5 Å². The van der Waals surface area contributed by atoms with E-state index in [1.807, 2.05) is 24.3 Å². The summed E-state index contributed by atoms with van der Waals surface area (Å²) in [6, 6.07) is 53.0. The quantitative estimate of drug-likeness (QED) is 0.207. The number of furan rings is 1. The Morgan fingerprint density at radius 2 is 1.22 bits per heavy atom. The molecule has 3 heterocycles. The number of aromatic nitrogens is 3. The maximum atomic E-state index is 6.45. The summed E-state index contributed by atoms with van der Waals surface area (Å²) >= 11 is 0. The average Bonchev–Trinajstić information content (AvgIpc) is 3.67. The zero-order valence-electron chi connectivity index (χ0n) is 24.7. The maximum Gasteiger partial charge on any atom is 0.235 e. The van der Waals surface area contributed by atoms with E-state index in [9.17, 15) is 0 Å². The predicted molar refractivity (Wildman–Crippen MR) is 190 cm³/mol. The van der Waals surface area contributed by atoms with Gasteiger partial charge in [0.15, 0.2) is 0 Å². The third-order valence-electron chi connectivity index (χ3n) is 9.21. The van der Waals surface area contributed by atoms with E-state index in [4.69, 9.17) is 14.4 Å². The second kappa shape index (κ2) is 9.62. The normalized spacial score (nSPS) is 11.9. The largest absolute Gasteiger partial charge is 0.455 e. The highest BCUT2D eigenvalue weighted by atomic mass is 16.3. The molecular weight excluding hydrogens is 562 g/mol. The van der Waals surface area contributed by atoms with Crippen LogP contribution in [0.2, 0.25) is 0 Å². The van der Waals surface area contributed by atoms with Gasteiger partial charge in [0.1, 0.15) is 11.2 Å². The van der Waals surface area contributed by atoms with E-state index >= 15 is 0 Å². The Balaban J connectivity index is 1.30. The number of hydrogen-bond acceptors (Lipinski definition) is 3. The Labute approximate surface area is 263 Å². The lowest BCUT2D eigenvalue weighted by Crippen LogP contribution is -2.03. The first-order valence-corrected chi connectivity index (χ1v) is 15.5. The molecule has 0 bridgehead atoms. The molecule has 4 heteroatoms. The summed E-state index contributed by atoms with van der Waals surface area (Å²) in [4.78, 5) is 10.4. The lowest BCUT2D eigenvalue weighted by molar-refractivity contribution is 0.670. The van der Waals surface area contributed by atoms with Crippen LogP contribution in [0, 0.1) is 0 Å². The van der Waals surface area contributed by atoms with Gasteiger partial charge < -0.3 is 4.42 Å². The fourth-order valence-electron chi connectivity index (χ4n) is 7.13. The summed E-state index contributed by atoms with van der Waals surface area (Å²) in [6.45, 7) is 0. The Morgan fingerprint density at radius 1 is 0.478 bits per heavy atom. The third-order valence-corrected chi connectivity index (χ3v) is 9.21. The standard InChI is InChI=1S/C42H25N3O/c1-2-12-27(13-3-1)40-33-16-6-8-19-35(33)43-42(44-40)45-36-23-22-28(25-34(36)39-29-14-5-4-11-26(29)21-24-37(39)45)30-17-10-18-32-31-15-7-9-20-38(31)46-41(30)32/h1-25H. The second-order valence-electron chi connectivity index (χ2n) is 11.8. The molecule has 0 radical (unpaired) electrons. The van der Waals surface area contributed by atoms with Gasteiger partial charge in [-0.15, -0.1) is 0 Å². The van der Waals surface area contributed by atoms with Gasteiger partial charge in [-0.1, -0.05) is 121 Å². The van der Waals surface area contributed by atoms with E-state index in [1.54, 1.807) is 0 Å². The molecule has 3 aromatic heterocycles. The Bertz CT molecular complexity index is 2810. The van der Waals surface area contributed by atoms with Crippen LogP contribution >= 0.6 is 0 Å². The summed E-state index contributed by atoms with van der Waals surface area (Å²) in [5, 5.41) is 8.02. The van der Waals surface area contributed by atoms with E-state index < -0.39 is 0 Å². The fraction of sp³-hybridized carbons (Fsp3) is 0. The van der Waals surface area contributed by atoms with Crippen LogP contribution in [-0.4, -0.2) is 14.5 Å². The van der Waals surface area contributed by atoms with E-state index in [0.717, 1.165) is 71.6 Å². The van der Waals surface area contributed by atoms with E-state index in [-0.39, 0.29) is 0 Å². The Morgan fingerprint density at radius 3 is 2.13 bits per heavy atom. The number of nitrogens with zero attached hydrogens (tertiary/aromatic N) is 3. The molecule has 7 aromatic carbocycles. The van der Waals surface area contributed by atoms with Crippen molar-refractivity contribution in [2.45, 2.75) is 0 Å². The van der Waals surface area contributed by atoms with Crippen LogP contribution in [0.15, 0.2) is 156 Å².